The maximum absolute atomic E-state index is 12.1. The summed E-state index contributed by atoms with van der Waals surface area (Å²) in [6, 6.07) is 15.2. The molecule has 3 rings (SSSR count). The zero-order valence-corrected chi connectivity index (χ0v) is 15.4. The van der Waals surface area contributed by atoms with Gasteiger partial charge in [-0.1, -0.05) is 47.5 Å². The summed E-state index contributed by atoms with van der Waals surface area (Å²) in [5, 5.41) is 7.14. The predicted molar refractivity (Wildman–Crippen MR) is 103 cm³/mol. The SMILES string of the molecule is O=C(Nc1ccccc1Cl)NC1CCN(Cc2ccc(Cl)cc2)CC1. The molecule has 0 atom stereocenters. The lowest BCUT2D eigenvalue weighted by Crippen LogP contribution is -2.45. The van der Waals surface area contributed by atoms with E-state index in [1.165, 1.54) is 5.56 Å². The smallest absolute Gasteiger partial charge is 0.319 e. The Morgan fingerprint density at radius 3 is 2.40 bits per heavy atom. The van der Waals surface area contributed by atoms with Gasteiger partial charge in [-0.15, -0.1) is 0 Å². The Labute approximate surface area is 158 Å². The molecule has 25 heavy (non-hydrogen) atoms. The summed E-state index contributed by atoms with van der Waals surface area (Å²) in [6.07, 6.45) is 1.87. The lowest BCUT2D eigenvalue weighted by atomic mass is 10.0. The monoisotopic (exact) mass is 377 g/mol. The van der Waals surface area contributed by atoms with Crippen molar-refractivity contribution >= 4 is 34.9 Å². The van der Waals surface area contributed by atoms with E-state index in [1.807, 2.05) is 24.3 Å². The Kier molecular flexibility index (Phi) is 6.19. The maximum atomic E-state index is 12.1. The van der Waals surface area contributed by atoms with Crippen molar-refractivity contribution in [1.82, 2.24) is 10.2 Å². The molecular formula is C19H21Cl2N3O. The second-order valence-corrected chi connectivity index (χ2v) is 7.10. The van der Waals surface area contributed by atoms with Crippen LogP contribution >= 0.6 is 23.2 Å². The van der Waals surface area contributed by atoms with Gasteiger partial charge >= 0.3 is 6.03 Å². The molecular weight excluding hydrogens is 357 g/mol. The summed E-state index contributed by atoms with van der Waals surface area (Å²) in [5.74, 6) is 0. The molecule has 2 N–H and O–H groups in total. The van der Waals surface area contributed by atoms with E-state index in [0.29, 0.717) is 10.7 Å². The first kappa shape index (κ1) is 18.1. The fourth-order valence-corrected chi connectivity index (χ4v) is 3.30. The quantitative estimate of drug-likeness (QED) is 0.804. The topological polar surface area (TPSA) is 44.4 Å². The average Bonchev–Trinajstić information content (AvgIpc) is 2.61. The minimum absolute atomic E-state index is 0.184. The van der Waals surface area contributed by atoms with Crippen LogP contribution in [-0.4, -0.2) is 30.1 Å². The number of anilines is 1. The van der Waals surface area contributed by atoms with E-state index >= 15 is 0 Å². The van der Waals surface area contributed by atoms with Crippen LogP contribution in [0.15, 0.2) is 48.5 Å². The molecule has 0 saturated carbocycles. The number of urea groups is 1. The molecule has 0 aliphatic carbocycles. The molecule has 0 bridgehead atoms. The third-order valence-corrected chi connectivity index (χ3v) is 4.95. The van der Waals surface area contributed by atoms with Crippen LogP contribution < -0.4 is 10.6 Å². The van der Waals surface area contributed by atoms with E-state index in [2.05, 4.69) is 27.7 Å². The van der Waals surface area contributed by atoms with Crippen molar-refractivity contribution in [2.24, 2.45) is 0 Å². The summed E-state index contributed by atoms with van der Waals surface area (Å²) in [6.45, 7) is 2.83. The molecule has 1 fully saturated rings. The van der Waals surface area contributed by atoms with E-state index in [-0.39, 0.29) is 12.1 Å². The van der Waals surface area contributed by atoms with E-state index in [1.54, 1.807) is 12.1 Å². The Balaban J connectivity index is 1.43. The van der Waals surface area contributed by atoms with Crippen molar-refractivity contribution < 1.29 is 4.79 Å². The summed E-state index contributed by atoms with van der Waals surface area (Å²) in [5.41, 5.74) is 1.88. The van der Waals surface area contributed by atoms with Crippen LogP contribution in [0, 0.1) is 0 Å². The number of piperidine rings is 1. The molecule has 1 heterocycles. The van der Waals surface area contributed by atoms with Crippen molar-refractivity contribution in [2.75, 3.05) is 18.4 Å². The molecule has 1 saturated heterocycles. The van der Waals surface area contributed by atoms with Gasteiger partial charge in [-0.05, 0) is 42.7 Å². The van der Waals surface area contributed by atoms with Crippen LogP contribution in [-0.2, 0) is 6.54 Å². The molecule has 0 spiro atoms. The van der Waals surface area contributed by atoms with Gasteiger partial charge in [0.15, 0.2) is 0 Å². The van der Waals surface area contributed by atoms with Gasteiger partial charge < -0.3 is 10.6 Å². The Bertz CT molecular complexity index is 713. The molecule has 132 valence electrons. The average molecular weight is 378 g/mol. The van der Waals surface area contributed by atoms with E-state index in [0.717, 1.165) is 37.5 Å². The van der Waals surface area contributed by atoms with Gasteiger partial charge in [-0.2, -0.15) is 0 Å². The van der Waals surface area contributed by atoms with Gasteiger partial charge in [0.05, 0.1) is 10.7 Å². The molecule has 0 radical (unpaired) electrons. The Hall–Kier alpha value is -1.75. The molecule has 2 amide bonds. The lowest BCUT2D eigenvalue weighted by molar-refractivity contribution is 0.190. The minimum Gasteiger partial charge on any atom is -0.335 e. The molecule has 2 aromatic rings. The number of amides is 2. The highest BCUT2D eigenvalue weighted by atomic mass is 35.5. The highest BCUT2D eigenvalue weighted by Crippen LogP contribution is 2.20. The summed E-state index contributed by atoms with van der Waals surface area (Å²) >= 11 is 12.0. The van der Waals surface area contributed by atoms with Gasteiger partial charge in [-0.25, -0.2) is 4.79 Å². The number of halogens is 2. The molecule has 6 heteroatoms. The molecule has 0 unspecified atom stereocenters. The number of para-hydroxylation sites is 1. The first-order valence-corrected chi connectivity index (χ1v) is 9.14. The number of hydrogen-bond donors (Lipinski definition) is 2. The Morgan fingerprint density at radius 1 is 1.04 bits per heavy atom. The van der Waals surface area contributed by atoms with Gasteiger partial charge in [0.2, 0.25) is 0 Å². The summed E-state index contributed by atoms with van der Waals surface area (Å²) in [4.78, 5) is 14.5. The number of carbonyl (C=O) groups excluding carboxylic acids is 1. The van der Waals surface area contributed by atoms with Gasteiger partial charge in [0, 0.05) is 30.7 Å². The van der Waals surface area contributed by atoms with Gasteiger partial charge in [-0.3, -0.25) is 4.90 Å². The normalized spacial score (nSPS) is 15.8. The second-order valence-electron chi connectivity index (χ2n) is 6.26. The van der Waals surface area contributed by atoms with Crippen LogP contribution in [0.3, 0.4) is 0 Å². The van der Waals surface area contributed by atoms with E-state index in [4.69, 9.17) is 23.2 Å². The highest BCUT2D eigenvalue weighted by molar-refractivity contribution is 6.33. The van der Waals surface area contributed by atoms with Crippen molar-refractivity contribution in [3.05, 3.63) is 64.1 Å². The molecule has 2 aromatic carbocycles. The predicted octanol–water partition coefficient (Wildman–Crippen LogP) is 4.78. The summed E-state index contributed by atoms with van der Waals surface area (Å²) in [7, 11) is 0. The first-order chi connectivity index (χ1) is 12.1. The number of hydrogen-bond acceptors (Lipinski definition) is 2. The van der Waals surface area contributed by atoms with E-state index in [9.17, 15) is 4.79 Å². The van der Waals surface area contributed by atoms with Crippen molar-refractivity contribution in [3.8, 4) is 0 Å². The zero-order chi connectivity index (χ0) is 17.6. The van der Waals surface area contributed by atoms with Crippen LogP contribution in [0.5, 0.6) is 0 Å². The van der Waals surface area contributed by atoms with Crippen molar-refractivity contribution in [3.63, 3.8) is 0 Å². The standard InChI is InChI=1S/C19H21Cl2N3O/c20-15-7-5-14(6-8-15)13-24-11-9-16(10-12-24)22-19(25)23-18-4-2-1-3-17(18)21/h1-8,16H,9-13H2,(H2,22,23,25). The van der Waals surface area contributed by atoms with Crippen LogP contribution in [0.4, 0.5) is 10.5 Å². The molecule has 1 aliphatic heterocycles. The molecule has 4 nitrogen and oxygen atoms in total. The number of benzene rings is 2. The zero-order valence-electron chi connectivity index (χ0n) is 13.8. The first-order valence-electron chi connectivity index (χ1n) is 8.39. The lowest BCUT2D eigenvalue weighted by Gasteiger charge is -2.32. The largest absolute Gasteiger partial charge is 0.335 e. The van der Waals surface area contributed by atoms with Crippen LogP contribution in [0.1, 0.15) is 18.4 Å². The molecule has 1 aliphatic rings. The van der Waals surface area contributed by atoms with Gasteiger partial charge in [0.1, 0.15) is 0 Å². The fourth-order valence-electron chi connectivity index (χ4n) is 2.99. The maximum Gasteiger partial charge on any atom is 0.319 e. The number of nitrogens with one attached hydrogen (secondary N) is 2. The number of carbonyl (C=O) groups is 1. The third-order valence-electron chi connectivity index (χ3n) is 4.36. The fraction of sp³-hybridized carbons (Fsp3) is 0.316. The highest BCUT2D eigenvalue weighted by Gasteiger charge is 2.21. The number of likely N-dealkylation sites (tertiary alicyclic amines) is 1. The van der Waals surface area contributed by atoms with Gasteiger partial charge in [0.25, 0.3) is 0 Å². The third kappa shape index (κ3) is 5.36. The van der Waals surface area contributed by atoms with Crippen molar-refractivity contribution in [1.29, 1.82) is 0 Å². The van der Waals surface area contributed by atoms with Crippen molar-refractivity contribution in [2.45, 2.75) is 25.4 Å². The Morgan fingerprint density at radius 2 is 1.72 bits per heavy atom. The second kappa shape index (κ2) is 8.56. The van der Waals surface area contributed by atoms with Crippen LogP contribution in [0.25, 0.3) is 0 Å². The minimum atomic E-state index is -0.204. The number of nitrogens with zero attached hydrogens (tertiary/aromatic N) is 1. The number of rotatable bonds is 4. The van der Waals surface area contributed by atoms with E-state index < -0.39 is 0 Å². The van der Waals surface area contributed by atoms with Crippen LogP contribution in [0.2, 0.25) is 10.0 Å². The molecule has 0 aromatic heterocycles. The summed E-state index contributed by atoms with van der Waals surface area (Å²) < 4.78 is 0.